The van der Waals surface area contributed by atoms with Crippen molar-refractivity contribution in [2.45, 2.75) is 64.0 Å². The van der Waals surface area contributed by atoms with E-state index in [1.807, 2.05) is 24.3 Å². The van der Waals surface area contributed by atoms with Crippen LogP contribution in [-0.4, -0.2) is 25.0 Å². The van der Waals surface area contributed by atoms with E-state index in [1.165, 1.54) is 32.6 Å². The first-order valence-corrected chi connectivity index (χ1v) is 8.79. The van der Waals surface area contributed by atoms with Crippen molar-refractivity contribution in [2.75, 3.05) is 7.11 Å². The summed E-state index contributed by atoms with van der Waals surface area (Å²) in [6, 6.07) is 7.41. The highest BCUT2D eigenvalue weighted by Gasteiger charge is 2.20. The summed E-state index contributed by atoms with van der Waals surface area (Å²) in [7, 11) is 1.61. The molecule has 0 radical (unpaired) electrons. The van der Waals surface area contributed by atoms with E-state index in [9.17, 15) is 9.59 Å². The lowest BCUT2D eigenvalue weighted by Crippen LogP contribution is -2.37. The molecule has 1 saturated carbocycles. The summed E-state index contributed by atoms with van der Waals surface area (Å²) in [5.41, 5.74) is 0.905. The van der Waals surface area contributed by atoms with Gasteiger partial charge in [-0.1, -0.05) is 37.8 Å². The van der Waals surface area contributed by atoms with Crippen molar-refractivity contribution in [1.29, 1.82) is 0 Å². The maximum absolute atomic E-state index is 12.4. The monoisotopic (exact) mass is 332 g/mol. The van der Waals surface area contributed by atoms with Crippen molar-refractivity contribution < 1.29 is 14.3 Å². The molecule has 1 atom stereocenters. The zero-order valence-corrected chi connectivity index (χ0v) is 14.6. The van der Waals surface area contributed by atoms with Gasteiger partial charge >= 0.3 is 0 Å². The van der Waals surface area contributed by atoms with Crippen LogP contribution in [0.15, 0.2) is 24.3 Å². The molecule has 0 unspecified atom stereocenters. The molecule has 1 fully saturated rings. The topological polar surface area (TPSA) is 67.4 Å². The fourth-order valence-electron chi connectivity index (χ4n) is 3.23. The van der Waals surface area contributed by atoms with Crippen molar-refractivity contribution in [1.82, 2.24) is 10.6 Å². The Balaban J connectivity index is 1.98. The van der Waals surface area contributed by atoms with Crippen molar-refractivity contribution >= 4 is 11.8 Å². The number of amides is 2. The summed E-state index contributed by atoms with van der Waals surface area (Å²) < 4.78 is 5.16. The number of hydrogen-bond acceptors (Lipinski definition) is 3. The normalized spacial score (nSPS) is 16.8. The van der Waals surface area contributed by atoms with Crippen LogP contribution in [0.1, 0.15) is 63.5 Å². The molecule has 5 heteroatoms. The van der Waals surface area contributed by atoms with E-state index in [0.717, 1.165) is 24.2 Å². The second-order valence-corrected chi connectivity index (χ2v) is 6.49. The Morgan fingerprint density at radius 1 is 1.12 bits per heavy atom. The molecule has 0 saturated heterocycles. The number of hydrogen-bond donors (Lipinski definition) is 2. The van der Waals surface area contributed by atoms with Gasteiger partial charge in [0.05, 0.1) is 19.6 Å². The van der Waals surface area contributed by atoms with Gasteiger partial charge in [-0.15, -0.1) is 0 Å². The molecule has 5 nitrogen and oxygen atoms in total. The molecule has 1 aliphatic rings. The smallest absolute Gasteiger partial charge is 0.222 e. The highest BCUT2D eigenvalue weighted by molar-refractivity contribution is 5.79. The van der Waals surface area contributed by atoms with E-state index in [2.05, 4.69) is 10.6 Å². The summed E-state index contributed by atoms with van der Waals surface area (Å²) in [6.07, 6.45) is 7.23. The lowest BCUT2D eigenvalue weighted by atomic mass is 10.0. The van der Waals surface area contributed by atoms with E-state index < -0.39 is 0 Å². The van der Waals surface area contributed by atoms with Crippen LogP contribution in [0, 0.1) is 0 Å². The molecular weight excluding hydrogens is 304 g/mol. The van der Waals surface area contributed by atoms with Gasteiger partial charge in [0, 0.05) is 13.0 Å². The zero-order valence-electron chi connectivity index (χ0n) is 14.6. The first kappa shape index (κ1) is 18.3. The van der Waals surface area contributed by atoms with E-state index >= 15 is 0 Å². The standard InChI is InChI=1S/C19H28N2O3/c1-14(22)20-18(15-9-11-17(24-2)12-10-15)13-19(23)21-16-7-5-3-4-6-8-16/h9-12,16,18H,3-8,13H2,1-2H3,(H,20,22)(H,21,23)/t18-/m1/s1. The van der Waals surface area contributed by atoms with E-state index in [1.54, 1.807) is 7.11 Å². The van der Waals surface area contributed by atoms with Gasteiger partial charge in [-0.25, -0.2) is 0 Å². The summed E-state index contributed by atoms with van der Waals surface area (Å²) >= 11 is 0. The van der Waals surface area contributed by atoms with Gasteiger partial charge in [0.25, 0.3) is 0 Å². The number of methoxy groups -OCH3 is 1. The molecule has 2 amide bonds. The molecule has 1 aliphatic carbocycles. The highest BCUT2D eigenvalue weighted by atomic mass is 16.5. The predicted octanol–water partition coefficient (Wildman–Crippen LogP) is 3.10. The average Bonchev–Trinajstić information content (AvgIpc) is 2.82. The molecule has 2 N–H and O–H groups in total. The third kappa shape index (κ3) is 5.87. The Morgan fingerprint density at radius 3 is 2.29 bits per heavy atom. The minimum Gasteiger partial charge on any atom is -0.497 e. The van der Waals surface area contributed by atoms with Crippen LogP contribution in [0.25, 0.3) is 0 Å². The Hall–Kier alpha value is -2.04. The Labute approximate surface area is 144 Å². The Morgan fingerprint density at radius 2 is 1.75 bits per heavy atom. The van der Waals surface area contributed by atoms with Crippen molar-refractivity contribution in [3.05, 3.63) is 29.8 Å². The molecule has 0 aliphatic heterocycles. The summed E-state index contributed by atoms with van der Waals surface area (Å²) in [5, 5.41) is 6.01. The van der Waals surface area contributed by atoms with Gasteiger partial charge in [-0.2, -0.15) is 0 Å². The van der Waals surface area contributed by atoms with Crippen molar-refractivity contribution in [2.24, 2.45) is 0 Å². The lowest BCUT2D eigenvalue weighted by molar-refractivity contribution is -0.123. The number of carbonyl (C=O) groups is 2. The van der Waals surface area contributed by atoms with E-state index in [0.29, 0.717) is 0 Å². The van der Waals surface area contributed by atoms with E-state index in [-0.39, 0.29) is 30.3 Å². The molecule has 1 aromatic rings. The first-order valence-electron chi connectivity index (χ1n) is 8.79. The number of carbonyl (C=O) groups excluding carboxylic acids is 2. The summed E-state index contributed by atoms with van der Waals surface area (Å²) in [6.45, 7) is 1.47. The van der Waals surface area contributed by atoms with Gasteiger partial charge < -0.3 is 15.4 Å². The average molecular weight is 332 g/mol. The first-order chi connectivity index (χ1) is 11.6. The molecule has 132 valence electrons. The molecular formula is C19H28N2O3. The summed E-state index contributed by atoms with van der Waals surface area (Å²) in [5.74, 6) is 0.609. The predicted molar refractivity (Wildman–Crippen MR) is 93.8 cm³/mol. The third-order valence-corrected chi connectivity index (χ3v) is 4.51. The number of benzene rings is 1. The summed E-state index contributed by atoms with van der Waals surface area (Å²) in [4.78, 5) is 23.9. The van der Waals surface area contributed by atoms with Gasteiger partial charge in [-0.3, -0.25) is 9.59 Å². The van der Waals surface area contributed by atoms with Gasteiger partial charge in [-0.05, 0) is 30.5 Å². The molecule has 2 rings (SSSR count). The van der Waals surface area contributed by atoms with Gasteiger partial charge in [0.15, 0.2) is 0 Å². The van der Waals surface area contributed by atoms with Crippen molar-refractivity contribution in [3.63, 3.8) is 0 Å². The van der Waals surface area contributed by atoms with Gasteiger partial charge in [0.1, 0.15) is 5.75 Å². The van der Waals surface area contributed by atoms with Gasteiger partial charge in [0.2, 0.25) is 11.8 Å². The van der Waals surface area contributed by atoms with Crippen LogP contribution in [0.5, 0.6) is 5.75 Å². The minimum absolute atomic E-state index is 0.00327. The van der Waals surface area contributed by atoms with E-state index in [4.69, 9.17) is 4.74 Å². The molecule has 24 heavy (non-hydrogen) atoms. The second-order valence-electron chi connectivity index (χ2n) is 6.49. The fourth-order valence-corrected chi connectivity index (χ4v) is 3.23. The van der Waals surface area contributed by atoms with Crippen LogP contribution >= 0.6 is 0 Å². The fraction of sp³-hybridized carbons (Fsp3) is 0.579. The molecule has 0 spiro atoms. The highest BCUT2D eigenvalue weighted by Crippen LogP contribution is 2.22. The Kier molecular flexibility index (Phi) is 7.09. The van der Waals surface area contributed by atoms with Crippen LogP contribution in [-0.2, 0) is 9.59 Å². The number of nitrogens with one attached hydrogen (secondary N) is 2. The molecule has 1 aromatic carbocycles. The van der Waals surface area contributed by atoms with Crippen LogP contribution in [0.4, 0.5) is 0 Å². The largest absolute Gasteiger partial charge is 0.497 e. The molecule has 0 bridgehead atoms. The van der Waals surface area contributed by atoms with Crippen LogP contribution < -0.4 is 15.4 Å². The molecule has 0 heterocycles. The number of ether oxygens (including phenoxy) is 1. The minimum atomic E-state index is -0.320. The Bertz CT molecular complexity index is 534. The maximum Gasteiger partial charge on any atom is 0.222 e. The SMILES string of the molecule is COc1ccc([C@@H](CC(=O)NC2CCCCCC2)NC(C)=O)cc1. The lowest BCUT2D eigenvalue weighted by Gasteiger charge is -2.21. The maximum atomic E-state index is 12.4. The number of rotatable bonds is 6. The second kappa shape index (κ2) is 9.30. The quantitative estimate of drug-likeness (QED) is 0.787. The zero-order chi connectivity index (χ0) is 17.4. The van der Waals surface area contributed by atoms with Crippen LogP contribution in [0.2, 0.25) is 0 Å². The third-order valence-electron chi connectivity index (χ3n) is 4.51. The van der Waals surface area contributed by atoms with Crippen molar-refractivity contribution in [3.8, 4) is 5.75 Å². The van der Waals surface area contributed by atoms with Crippen LogP contribution in [0.3, 0.4) is 0 Å². The molecule has 0 aromatic heterocycles.